The van der Waals surface area contributed by atoms with Crippen LogP contribution in [0.25, 0.3) is 0 Å². The molecule has 0 aromatic carbocycles. The van der Waals surface area contributed by atoms with Crippen LogP contribution < -0.4 is 10.6 Å². The van der Waals surface area contributed by atoms with E-state index in [2.05, 4.69) is 36.3 Å². The molecule has 112 valence electrons. The number of amides is 1. The maximum atomic E-state index is 11.9. The Morgan fingerprint density at radius 3 is 2.58 bits per heavy atom. The second-order valence-electron chi connectivity index (χ2n) is 6.42. The Morgan fingerprint density at radius 2 is 1.95 bits per heavy atom. The molecule has 2 N–H and O–H groups in total. The Morgan fingerprint density at radius 1 is 1.26 bits per heavy atom. The topological polar surface area (TPSA) is 44.4 Å². The van der Waals surface area contributed by atoms with Gasteiger partial charge in [-0.1, -0.05) is 40.0 Å². The summed E-state index contributed by atoms with van der Waals surface area (Å²) in [6.07, 6.45) is 5.00. The van der Waals surface area contributed by atoms with E-state index in [9.17, 15) is 4.79 Å². The lowest BCUT2D eigenvalue weighted by atomic mass is 9.87. The average molecular weight is 269 g/mol. The van der Waals surface area contributed by atoms with E-state index in [1.807, 2.05) is 0 Å². The number of carbonyl (C=O) groups is 1. The highest BCUT2D eigenvalue weighted by Crippen LogP contribution is 2.22. The largest absolute Gasteiger partial charge is 0.354 e. The number of nitrogens with one attached hydrogen (secondary N) is 2. The molecule has 0 radical (unpaired) electrons. The second kappa shape index (κ2) is 8.54. The molecule has 0 saturated carbocycles. The van der Waals surface area contributed by atoms with Gasteiger partial charge in [0, 0.05) is 32.7 Å². The zero-order chi connectivity index (χ0) is 14.1. The number of piperazine rings is 1. The molecule has 4 nitrogen and oxygen atoms in total. The van der Waals surface area contributed by atoms with Gasteiger partial charge in [-0.05, 0) is 11.8 Å². The maximum Gasteiger partial charge on any atom is 0.234 e. The van der Waals surface area contributed by atoms with Gasteiger partial charge >= 0.3 is 0 Å². The molecule has 0 bridgehead atoms. The maximum absolute atomic E-state index is 11.9. The summed E-state index contributed by atoms with van der Waals surface area (Å²) in [6.45, 7) is 12.0. The Kier molecular flexibility index (Phi) is 7.39. The van der Waals surface area contributed by atoms with Gasteiger partial charge in [0.1, 0.15) is 0 Å². The van der Waals surface area contributed by atoms with Gasteiger partial charge in [-0.3, -0.25) is 9.69 Å². The first kappa shape index (κ1) is 16.4. The summed E-state index contributed by atoms with van der Waals surface area (Å²) < 4.78 is 0. The third-order valence-corrected chi connectivity index (χ3v) is 3.80. The standard InChI is InChI=1S/C15H31N3O/c1-4-5-6-7-15(2,3)13-17-14(19)12-18-10-8-16-9-11-18/h16H,4-13H2,1-3H3,(H,17,19). The van der Waals surface area contributed by atoms with Crippen molar-refractivity contribution < 1.29 is 4.79 Å². The molecule has 19 heavy (non-hydrogen) atoms. The van der Waals surface area contributed by atoms with Crippen LogP contribution in [0.1, 0.15) is 46.5 Å². The molecule has 0 aromatic heterocycles. The lowest BCUT2D eigenvalue weighted by molar-refractivity contribution is -0.122. The predicted molar refractivity (Wildman–Crippen MR) is 80.2 cm³/mol. The van der Waals surface area contributed by atoms with E-state index in [1.165, 1.54) is 25.7 Å². The molecule has 4 heteroatoms. The number of unbranched alkanes of at least 4 members (excludes halogenated alkanes) is 2. The quantitative estimate of drug-likeness (QED) is 0.658. The highest BCUT2D eigenvalue weighted by molar-refractivity contribution is 5.78. The Bertz CT molecular complexity index is 260. The predicted octanol–water partition coefficient (Wildman–Crippen LogP) is 1.61. The number of hydrogen-bond acceptors (Lipinski definition) is 3. The summed E-state index contributed by atoms with van der Waals surface area (Å²) in [5.41, 5.74) is 0.217. The van der Waals surface area contributed by atoms with E-state index in [4.69, 9.17) is 0 Å². The summed E-state index contributed by atoms with van der Waals surface area (Å²) in [6, 6.07) is 0. The fourth-order valence-electron chi connectivity index (χ4n) is 2.41. The van der Waals surface area contributed by atoms with Gasteiger partial charge in [-0.25, -0.2) is 0 Å². The molecule has 1 fully saturated rings. The third kappa shape index (κ3) is 7.53. The van der Waals surface area contributed by atoms with Crippen LogP contribution in [-0.4, -0.2) is 50.1 Å². The highest BCUT2D eigenvalue weighted by Gasteiger charge is 2.19. The van der Waals surface area contributed by atoms with Crippen LogP contribution in [0.4, 0.5) is 0 Å². The van der Waals surface area contributed by atoms with Crippen molar-refractivity contribution in [2.75, 3.05) is 39.3 Å². The van der Waals surface area contributed by atoms with Crippen LogP contribution in [0, 0.1) is 5.41 Å². The van der Waals surface area contributed by atoms with Crippen molar-refractivity contribution in [1.82, 2.24) is 15.5 Å². The molecule has 1 aliphatic heterocycles. The molecule has 0 aliphatic carbocycles. The fourth-order valence-corrected chi connectivity index (χ4v) is 2.41. The summed E-state index contributed by atoms with van der Waals surface area (Å²) in [5.74, 6) is 0.172. The summed E-state index contributed by atoms with van der Waals surface area (Å²) in [7, 11) is 0. The second-order valence-corrected chi connectivity index (χ2v) is 6.42. The minimum atomic E-state index is 0.172. The monoisotopic (exact) mass is 269 g/mol. The van der Waals surface area contributed by atoms with Crippen molar-refractivity contribution in [3.63, 3.8) is 0 Å². The van der Waals surface area contributed by atoms with E-state index in [-0.39, 0.29) is 11.3 Å². The average Bonchev–Trinajstić information content (AvgIpc) is 2.38. The number of carbonyl (C=O) groups excluding carboxylic acids is 1. The molecular weight excluding hydrogens is 238 g/mol. The lowest BCUT2D eigenvalue weighted by Gasteiger charge is -2.28. The van der Waals surface area contributed by atoms with E-state index < -0.39 is 0 Å². The van der Waals surface area contributed by atoms with E-state index in [0.717, 1.165) is 32.7 Å². The minimum Gasteiger partial charge on any atom is -0.354 e. The first-order chi connectivity index (χ1) is 9.03. The van der Waals surface area contributed by atoms with Gasteiger partial charge in [0.05, 0.1) is 6.54 Å². The molecule has 0 unspecified atom stereocenters. The highest BCUT2D eigenvalue weighted by atomic mass is 16.2. The van der Waals surface area contributed by atoms with E-state index >= 15 is 0 Å². The van der Waals surface area contributed by atoms with Crippen molar-refractivity contribution in [3.8, 4) is 0 Å². The van der Waals surface area contributed by atoms with Gasteiger partial charge in [-0.2, -0.15) is 0 Å². The zero-order valence-corrected chi connectivity index (χ0v) is 12.9. The molecule has 1 heterocycles. The van der Waals surface area contributed by atoms with Gasteiger partial charge in [0.2, 0.25) is 5.91 Å². The lowest BCUT2D eigenvalue weighted by Crippen LogP contribution is -2.48. The molecule has 1 rings (SSSR count). The van der Waals surface area contributed by atoms with Crippen LogP contribution in [0.15, 0.2) is 0 Å². The van der Waals surface area contributed by atoms with Crippen molar-refractivity contribution in [1.29, 1.82) is 0 Å². The molecular formula is C15H31N3O. The van der Waals surface area contributed by atoms with Crippen LogP contribution >= 0.6 is 0 Å². The first-order valence-corrected chi connectivity index (χ1v) is 7.73. The van der Waals surface area contributed by atoms with Crippen LogP contribution in [0.3, 0.4) is 0 Å². The zero-order valence-electron chi connectivity index (χ0n) is 12.9. The van der Waals surface area contributed by atoms with E-state index in [1.54, 1.807) is 0 Å². The summed E-state index contributed by atoms with van der Waals surface area (Å²) in [4.78, 5) is 14.1. The first-order valence-electron chi connectivity index (χ1n) is 7.73. The third-order valence-electron chi connectivity index (χ3n) is 3.80. The summed E-state index contributed by atoms with van der Waals surface area (Å²) in [5, 5.41) is 6.40. The molecule has 1 saturated heterocycles. The number of rotatable bonds is 8. The molecule has 1 aliphatic rings. The van der Waals surface area contributed by atoms with Gasteiger partial charge in [0.15, 0.2) is 0 Å². The Labute approximate surface area is 118 Å². The fraction of sp³-hybridized carbons (Fsp3) is 0.933. The Hall–Kier alpha value is -0.610. The normalized spacial score (nSPS) is 17.4. The van der Waals surface area contributed by atoms with Gasteiger partial charge < -0.3 is 10.6 Å². The minimum absolute atomic E-state index is 0.172. The van der Waals surface area contributed by atoms with Gasteiger partial charge in [0.25, 0.3) is 0 Å². The van der Waals surface area contributed by atoms with Crippen LogP contribution in [-0.2, 0) is 4.79 Å². The van der Waals surface area contributed by atoms with Crippen molar-refractivity contribution >= 4 is 5.91 Å². The molecule has 1 amide bonds. The SMILES string of the molecule is CCCCCC(C)(C)CNC(=O)CN1CCNCC1. The van der Waals surface area contributed by atoms with Crippen LogP contribution in [0.2, 0.25) is 0 Å². The van der Waals surface area contributed by atoms with Gasteiger partial charge in [-0.15, -0.1) is 0 Å². The summed E-state index contributed by atoms with van der Waals surface area (Å²) >= 11 is 0. The molecule has 0 spiro atoms. The Balaban J connectivity index is 2.17. The van der Waals surface area contributed by atoms with Crippen LogP contribution in [0.5, 0.6) is 0 Å². The smallest absolute Gasteiger partial charge is 0.234 e. The van der Waals surface area contributed by atoms with E-state index in [0.29, 0.717) is 6.54 Å². The van der Waals surface area contributed by atoms with Crippen molar-refractivity contribution in [2.45, 2.75) is 46.5 Å². The number of hydrogen-bond donors (Lipinski definition) is 2. The molecule has 0 aromatic rings. The van der Waals surface area contributed by atoms with Crippen molar-refractivity contribution in [2.24, 2.45) is 5.41 Å². The number of nitrogens with zero attached hydrogens (tertiary/aromatic N) is 1. The molecule has 0 atom stereocenters. The van der Waals surface area contributed by atoms with Crippen molar-refractivity contribution in [3.05, 3.63) is 0 Å².